The van der Waals surface area contributed by atoms with Crippen molar-refractivity contribution in [2.45, 2.75) is 53.4 Å². The van der Waals surface area contributed by atoms with Crippen molar-refractivity contribution < 1.29 is 0 Å². The normalized spacial score (nSPS) is 11.6. The van der Waals surface area contributed by atoms with Crippen LogP contribution < -0.4 is 0 Å². The van der Waals surface area contributed by atoms with Crippen LogP contribution in [0, 0.1) is 0 Å². The van der Waals surface area contributed by atoms with E-state index in [9.17, 15) is 0 Å². The Hall–Kier alpha value is 0.860. The Morgan fingerprint density at radius 3 is 1.00 bits per heavy atom. The molecule has 0 radical (unpaired) electrons. The van der Waals surface area contributed by atoms with E-state index >= 15 is 0 Å². The molecule has 0 amide bonds. The highest BCUT2D eigenvalue weighted by Gasteiger charge is 2.12. The van der Waals surface area contributed by atoms with Crippen LogP contribution in [0.2, 0.25) is 0 Å². The molecule has 0 saturated carbocycles. The minimum Gasteiger partial charge on any atom is -0.102 e. The molecule has 0 spiro atoms. The van der Waals surface area contributed by atoms with Gasteiger partial charge >= 0.3 is 0 Å². The summed E-state index contributed by atoms with van der Waals surface area (Å²) in [6.07, 6.45) is 11.8. The smallest absolute Gasteiger partial charge is 0.0120 e. The average Bonchev–Trinajstić information content (AvgIpc) is 2.19. The number of rotatable bonds is 10. The minimum absolute atomic E-state index is 0.405. The predicted molar refractivity (Wildman–Crippen MR) is 79.3 cm³/mol. The van der Waals surface area contributed by atoms with Gasteiger partial charge in [-0.2, -0.15) is 0 Å². The summed E-state index contributed by atoms with van der Waals surface area (Å²) >= 11 is 0. The molecule has 15 heavy (non-hydrogen) atoms. The summed E-state index contributed by atoms with van der Waals surface area (Å²) in [5.74, 6) is 1.63. The molecule has 0 nitrogen and oxygen atoms in total. The Labute approximate surface area is 100 Å². The van der Waals surface area contributed by atoms with E-state index in [-0.39, 0.29) is 0 Å². The quantitative estimate of drug-likeness (QED) is 0.445. The van der Waals surface area contributed by atoms with Gasteiger partial charge in [0.05, 0.1) is 0 Å². The molecule has 2 heteroatoms. The molecule has 0 rings (SSSR count). The summed E-state index contributed by atoms with van der Waals surface area (Å²) in [6, 6.07) is 0. The summed E-state index contributed by atoms with van der Waals surface area (Å²) in [5.41, 5.74) is 0. The van der Waals surface area contributed by atoms with Crippen molar-refractivity contribution in [2.75, 3.05) is 30.6 Å². The van der Waals surface area contributed by atoms with E-state index in [0.29, 0.717) is 15.8 Å². The first-order valence-corrected chi connectivity index (χ1v) is 10.5. The van der Waals surface area contributed by atoms with Gasteiger partial charge in [-0.1, -0.05) is 53.4 Å². The van der Waals surface area contributed by atoms with Gasteiger partial charge in [-0.15, -0.1) is 15.8 Å². The van der Waals surface area contributed by atoms with Gasteiger partial charge in [-0.25, -0.2) is 0 Å². The van der Waals surface area contributed by atoms with Gasteiger partial charge in [0.2, 0.25) is 0 Å². The van der Waals surface area contributed by atoms with Crippen LogP contribution in [0.5, 0.6) is 0 Å². The molecule has 0 bridgehead atoms. The zero-order valence-corrected chi connectivity index (χ0v) is 13.0. The zero-order valence-electron chi connectivity index (χ0n) is 11.3. The Balaban J connectivity index is 3.93. The van der Waals surface area contributed by atoms with Crippen LogP contribution in [0.15, 0.2) is 0 Å². The molecule has 0 aromatic rings. The summed E-state index contributed by atoms with van der Waals surface area (Å²) in [6.45, 7) is 9.42. The first-order chi connectivity index (χ1) is 7.28. The lowest BCUT2D eigenvalue weighted by molar-refractivity contribution is 1.04. The monoisotopic (exact) mass is 248 g/mol. The Bertz CT molecular complexity index is 99.7. The molecule has 0 saturated heterocycles. The van der Waals surface area contributed by atoms with E-state index in [1.54, 1.807) is 5.90 Å². The van der Waals surface area contributed by atoms with Crippen molar-refractivity contribution in [1.29, 1.82) is 0 Å². The maximum atomic E-state index is 2.35. The molecule has 0 unspecified atom stereocenters. The van der Waals surface area contributed by atoms with E-state index in [1.807, 2.05) is 0 Å². The van der Waals surface area contributed by atoms with Crippen molar-refractivity contribution in [3.05, 3.63) is 0 Å². The summed E-state index contributed by atoms with van der Waals surface area (Å²) in [5, 5.41) is 0. The second-order valence-electron chi connectivity index (χ2n) is 4.38. The summed E-state index contributed by atoms with van der Waals surface area (Å²) in [7, 11) is 0.811. The van der Waals surface area contributed by atoms with Crippen LogP contribution >= 0.6 is 15.8 Å². The maximum Gasteiger partial charge on any atom is -0.0120 e. The molecule has 0 aromatic carbocycles. The van der Waals surface area contributed by atoms with Crippen LogP contribution in [-0.2, 0) is 0 Å². The molecule has 0 aliphatic carbocycles. The molecule has 92 valence electrons. The average molecular weight is 248 g/mol. The number of hydrogen-bond acceptors (Lipinski definition) is 0. The van der Waals surface area contributed by atoms with Crippen molar-refractivity contribution in [3.8, 4) is 0 Å². The lowest BCUT2D eigenvalue weighted by Crippen LogP contribution is -1.98. The SMILES string of the molecule is CCCP(CCC)CP(CCC)CCC. The first-order valence-electron chi connectivity index (χ1n) is 6.73. The third-order valence-corrected chi connectivity index (χ3v) is 10.1. The number of hydrogen-bond donors (Lipinski definition) is 0. The fourth-order valence-electron chi connectivity index (χ4n) is 2.05. The Morgan fingerprint density at radius 1 is 0.533 bits per heavy atom. The van der Waals surface area contributed by atoms with E-state index < -0.39 is 0 Å². The molecular formula is C13H30P2. The van der Waals surface area contributed by atoms with Crippen LogP contribution in [-0.4, -0.2) is 30.6 Å². The van der Waals surface area contributed by atoms with Gasteiger partial charge in [0.15, 0.2) is 0 Å². The lowest BCUT2D eigenvalue weighted by atomic mass is 10.6. The van der Waals surface area contributed by atoms with E-state index in [2.05, 4.69) is 27.7 Å². The second-order valence-corrected chi connectivity index (χ2v) is 9.98. The van der Waals surface area contributed by atoms with Gasteiger partial charge in [-0.05, 0) is 30.6 Å². The summed E-state index contributed by atoms with van der Waals surface area (Å²) in [4.78, 5) is 0. The molecule has 0 fully saturated rings. The third-order valence-electron chi connectivity index (χ3n) is 2.56. The highest BCUT2D eigenvalue weighted by atomic mass is 31.2. The molecule has 0 aliphatic rings. The molecule has 0 atom stereocenters. The first kappa shape index (κ1) is 15.9. The van der Waals surface area contributed by atoms with E-state index in [0.717, 1.165) is 0 Å². The van der Waals surface area contributed by atoms with Gasteiger partial charge in [0, 0.05) is 0 Å². The maximum absolute atomic E-state index is 2.35. The van der Waals surface area contributed by atoms with Gasteiger partial charge < -0.3 is 0 Å². The fraction of sp³-hybridized carbons (Fsp3) is 1.00. The van der Waals surface area contributed by atoms with Crippen LogP contribution in [0.25, 0.3) is 0 Å². The molecule has 0 N–H and O–H groups in total. The van der Waals surface area contributed by atoms with Gasteiger partial charge in [0.25, 0.3) is 0 Å². The highest BCUT2D eigenvalue weighted by Crippen LogP contribution is 2.52. The van der Waals surface area contributed by atoms with Crippen LogP contribution in [0.4, 0.5) is 0 Å². The summed E-state index contributed by atoms with van der Waals surface area (Å²) < 4.78 is 0. The third kappa shape index (κ3) is 8.65. The van der Waals surface area contributed by atoms with E-state index in [1.165, 1.54) is 50.3 Å². The van der Waals surface area contributed by atoms with Crippen molar-refractivity contribution in [2.24, 2.45) is 0 Å². The van der Waals surface area contributed by atoms with Crippen molar-refractivity contribution in [3.63, 3.8) is 0 Å². The van der Waals surface area contributed by atoms with E-state index in [4.69, 9.17) is 0 Å². The highest BCUT2D eigenvalue weighted by molar-refractivity contribution is 7.74. The fourth-order valence-corrected chi connectivity index (χ4v) is 9.56. The molecular weight excluding hydrogens is 218 g/mol. The Morgan fingerprint density at radius 2 is 0.800 bits per heavy atom. The van der Waals surface area contributed by atoms with Crippen LogP contribution in [0.3, 0.4) is 0 Å². The molecule has 0 aliphatic heterocycles. The Kier molecular flexibility index (Phi) is 12.0. The van der Waals surface area contributed by atoms with Crippen LogP contribution in [0.1, 0.15) is 53.4 Å². The predicted octanol–water partition coefficient (Wildman–Crippen LogP) is 5.55. The zero-order chi connectivity index (χ0) is 11.5. The van der Waals surface area contributed by atoms with Gasteiger partial charge in [-0.3, -0.25) is 0 Å². The molecule has 0 aromatic heterocycles. The molecule has 0 heterocycles. The lowest BCUT2D eigenvalue weighted by Gasteiger charge is -2.23. The van der Waals surface area contributed by atoms with Crippen molar-refractivity contribution >= 4 is 15.8 Å². The topological polar surface area (TPSA) is 0 Å². The minimum atomic E-state index is 0.405. The van der Waals surface area contributed by atoms with Crippen molar-refractivity contribution in [1.82, 2.24) is 0 Å². The van der Waals surface area contributed by atoms with Gasteiger partial charge in [0.1, 0.15) is 0 Å². The largest absolute Gasteiger partial charge is 0.102 e. The second kappa shape index (κ2) is 11.3. The standard InChI is InChI=1S/C13H30P2/c1-5-9-14(10-6-2)13-15(11-7-3)12-8-4/h5-13H2,1-4H3.